The molecule has 42 heavy (non-hydrogen) atoms. The standard InChI is InChI=1S/C31H25ClF7NO2/c1-2-19-15-26(10-11-27(19)32)42-25-8-4-7-24(16-25)40(17-21-14-23(31(37,38)39)9-12-28(21)33)29(18-41)20-5-3-6-22(13-20)30(34,35)36/h3-16,29,41H,2,17-18H2,1H3. The third kappa shape index (κ3) is 7.35. The number of alkyl halides is 6. The summed E-state index contributed by atoms with van der Waals surface area (Å²) >= 11 is 6.19. The van der Waals surface area contributed by atoms with E-state index < -0.39 is 48.5 Å². The second-order valence-electron chi connectivity index (χ2n) is 9.46. The Hall–Kier alpha value is -3.76. The van der Waals surface area contributed by atoms with Gasteiger partial charge in [0, 0.05) is 28.9 Å². The minimum atomic E-state index is -4.76. The number of aliphatic hydroxyl groups excluding tert-OH is 1. The number of aryl methyl sites for hydroxylation is 1. The Bertz CT molecular complexity index is 1540. The quantitative estimate of drug-likeness (QED) is 0.191. The maximum Gasteiger partial charge on any atom is 0.416 e. The number of benzene rings is 4. The van der Waals surface area contributed by atoms with Crippen LogP contribution >= 0.6 is 11.6 Å². The highest BCUT2D eigenvalue weighted by Gasteiger charge is 2.33. The zero-order valence-corrected chi connectivity index (χ0v) is 22.9. The fraction of sp³-hybridized carbons (Fsp3) is 0.226. The number of hydrogen-bond donors (Lipinski definition) is 1. The number of hydrogen-bond acceptors (Lipinski definition) is 3. The van der Waals surface area contributed by atoms with Crippen LogP contribution in [0, 0.1) is 5.82 Å². The summed E-state index contributed by atoms with van der Waals surface area (Å²) in [6.45, 7) is 0.671. The lowest BCUT2D eigenvalue weighted by molar-refractivity contribution is -0.138. The van der Waals surface area contributed by atoms with E-state index >= 15 is 0 Å². The first-order valence-corrected chi connectivity index (χ1v) is 13.1. The van der Waals surface area contributed by atoms with Gasteiger partial charge in [-0.2, -0.15) is 26.3 Å². The Morgan fingerprint density at radius 1 is 0.786 bits per heavy atom. The number of anilines is 1. The molecule has 0 spiro atoms. The molecule has 0 heterocycles. The molecule has 4 aromatic carbocycles. The van der Waals surface area contributed by atoms with Gasteiger partial charge < -0.3 is 14.7 Å². The van der Waals surface area contributed by atoms with Crippen molar-refractivity contribution in [3.63, 3.8) is 0 Å². The normalized spacial score (nSPS) is 12.7. The van der Waals surface area contributed by atoms with E-state index in [1.807, 2.05) is 6.92 Å². The van der Waals surface area contributed by atoms with E-state index in [0.29, 0.717) is 35.4 Å². The van der Waals surface area contributed by atoms with E-state index in [1.165, 1.54) is 23.1 Å². The SMILES string of the molecule is CCc1cc(Oc2cccc(N(Cc3cc(C(F)(F)F)ccc3F)C(CO)c3cccc(C(F)(F)F)c3)c2)ccc1Cl. The van der Waals surface area contributed by atoms with Crippen LogP contribution in [0.4, 0.5) is 36.4 Å². The van der Waals surface area contributed by atoms with Crippen LogP contribution in [-0.2, 0) is 25.3 Å². The maximum atomic E-state index is 14.9. The minimum absolute atomic E-state index is 0.0244. The molecule has 0 saturated carbocycles. The molecule has 0 aliphatic rings. The van der Waals surface area contributed by atoms with Crippen molar-refractivity contribution in [1.82, 2.24) is 0 Å². The Morgan fingerprint density at radius 2 is 1.45 bits per heavy atom. The zero-order valence-electron chi connectivity index (χ0n) is 22.1. The average molecular weight is 612 g/mol. The molecule has 0 aromatic heterocycles. The van der Waals surface area contributed by atoms with Crippen molar-refractivity contribution < 1.29 is 40.6 Å². The van der Waals surface area contributed by atoms with Gasteiger partial charge in [0.2, 0.25) is 0 Å². The molecular formula is C31H25ClF7NO2. The summed E-state index contributed by atoms with van der Waals surface area (Å²) in [5.41, 5.74) is -1.33. The molecule has 0 aliphatic heterocycles. The van der Waals surface area contributed by atoms with E-state index in [2.05, 4.69) is 0 Å². The molecule has 1 atom stereocenters. The van der Waals surface area contributed by atoms with Crippen LogP contribution in [-0.4, -0.2) is 11.7 Å². The van der Waals surface area contributed by atoms with E-state index in [0.717, 1.165) is 23.8 Å². The van der Waals surface area contributed by atoms with Crippen LogP contribution in [0.3, 0.4) is 0 Å². The molecule has 0 radical (unpaired) electrons. The number of nitrogens with zero attached hydrogens (tertiary/aromatic N) is 1. The molecule has 0 bridgehead atoms. The van der Waals surface area contributed by atoms with E-state index in [1.54, 1.807) is 30.3 Å². The van der Waals surface area contributed by atoms with Gasteiger partial charge in [-0.05, 0) is 78.2 Å². The Morgan fingerprint density at radius 3 is 2.12 bits per heavy atom. The van der Waals surface area contributed by atoms with Crippen LogP contribution in [0.25, 0.3) is 0 Å². The Labute approximate surface area is 242 Å². The monoisotopic (exact) mass is 611 g/mol. The Balaban J connectivity index is 1.80. The maximum absolute atomic E-state index is 14.9. The molecule has 1 N–H and O–H groups in total. The van der Waals surface area contributed by atoms with Crippen LogP contribution in [0.5, 0.6) is 11.5 Å². The predicted molar refractivity (Wildman–Crippen MR) is 146 cm³/mol. The molecule has 11 heteroatoms. The fourth-order valence-electron chi connectivity index (χ4n) is 4.49. The number of ether oxygens (including phenoxy) is 1. The van der Waals surface area contributed by atoms with Crippen molar-refractivity contribution in [2.45, 2.75) is 38.3 Å². The average Bonchev–Trinajstić information content (AvgIpc) is 2.94. The van der Waals surface area contributed by atoms with Crippen LogP contribution in [0.1, 0.15) is 40.8 Å². The summed E-state index contributed by atoms with van der Waals surface area (Å²) in [7, 11) is 0. The summed E-state index contributed by atoms with van der Waals surface area (Å²) in [4.78, 5) is 1.33. The van der Waals surface area contributed by atoms with Crippen molar-refractivity contribution in [3.8, 4) is 11.5 Å². The second kappa shape index (κ2) is 12.6. The van der Waals surface area contributed by atoms with Crippen molar-refractivity contribution in [2.24, 2.45) is 0 Å². The molecule has 4 aromatic rings. The molecule has 222 valence electrons. The van der Waals surface area contributed by atoms with E-state index in [4.69, 9.17) is 16.3 Å². The predicted octanol–water partition coefficient (Wildman–Crippen LogP) is 9.61. The molecule has 4 rings (SSSR count). The number of aliphatic hydroxyl groups is 1. The lowest BCUT2D eigenvalue weighted by Gasteiger charge is -2.34. The Kier molecular flexibility index (Phi) is 9.37. The third-order valence-electron chi connectivity index (χ3n) is 6.64. The van der Waals surface area contributed by atoms with Gasteiger partial charge >= 0.3 is 12.4 Å². The van der Waals surface area contributed by atoms with Crippen LogP contribution in [0.2, 0.25) is 5.02 Å². The number of halogens is 8. The van der Waals surface area contributed by atoms with Crippen LogP contribution < -0.4 is 9.64 Å². The molecule has 0 aliphatic carbocycles. The second-order valence-corrected chi connectivity index (χ2v) is 9.87. The number of rotatable bonds is 9. The molecular weight excluding hydrogens is 587 g/mol. The highest BCUT2D eigenvalue weighted by molar-refractivity contribution is 6.31. The molecule has 3 nitrogen and oxygen atoms in total. The van der Waals surface area contributed by atoms with Gasteiger partial charge in [0.15, 0.2) is 0 Å². The van der Waals surface area contributed by atoms with Crippen LogP contribution in [0.15, 0.2) is 84.9 Å². The smallest absolute Gasteiger partial charge is 0.416 e. The van der Waals surface area contributed by atoms with Crippen molar-refractivity contribution in [3.05, 3.63) is 124 Å². The van der Waals surface area contributed by atoms with Crippen molar-refractivity contribution in [2.75, 3.05) is 11.5 Å². The summed E-state index contributed by atoms with van der Waals surface area (Å²) < 4.78 is 102. The lowest BCUT2D eigenvalue weighted by Crippen LogP contribution is -2.31. The first-order valence-electron chi connectivity index (χ1n) is 12.8. The van der Waals surface area contributed by atoms with Gasteiger partial charge in [-0.3, -0.25) is 0 Å². The highest BCUT2D eigenvalue weighted by Crippen LogP contribution is 2.37. The fourth-order valence-corrected chi connectivity index (χ4v) is 4.74. The first-order chi connectivity index (χ1) is 19.8. The van der Waals surface area contributed by atoms with Gasteiger partial charge in [0.1, 0.15) is 17.3 Å². The van der Waals surface area contributed by atoms with E-state index in [9.17, 15) is 35.8 Å². The van der Waals surface area contributed by atoms with E-state index in [-0.39, 0.29) is 22.6 Å². The summed E-state index contributed by atoms with van der Waals surface area (Å²) in [5.74, 6) is -0.220. The van der Waals surface area contributed by atoms with Crippen molar-refractivity contribution >= 4 is 17.3 Å². The van der Waals surface area contributed by atoms with Gasteiger partial charge in [-0.25, -0.2) is 4.39 Å². The largest absolute Gasteiger partial charge is 0.457 e. The topological polar surface area (TPSA) is 32.7 Å². The molecule has 1 unspecified atom stereocenters. The summed E-state index contributed by atoms with van der Waals surface area (Å²) in [6.07, 6.45) is -8.80. The first kappa shape index (κ1) is 31.2. The van der Waals surface area contributed by atoms with Gasteiger partial charge in [-0.15, -0.1) is 0 Å². The molecule has 0 saturated heterocycles. The van der Waals surface area contributed by atoms with Crippen molar-refractivity contribution in [1.29, 1.82) is 0 Å². The van der Waals surface area contributed by atoms with Gasteiger partial charge in [0.25, 0.3) is 0 Å². The van der Waals surface area contributed by atoms with Gasteiger partial charge in [0.05, 0.1) is 23.8 Å². The summed E-state index contributed by atoms with van der Waals surface area (Å²) in [6, 6.07) is 16.2. The minimum Gasteiger partial charge on any atom is -0.457 e. The molecule has 0 amide bonds. The highest BCUT2D eigenvalue weighted by atomic mass is 35.5. The third-order valence-corrected chi connectivity index (χ3v) is 7.01. The summed E-state index contributed by atoms with van der Waals surface area (Å²) in [5, 5.41) is 10.9. The molecule has 0 fully saturated rings. The zero-order chi connectivity index (χ0) is 30.7. The van der Waals surface area contributed by atoms with Gasteiger partial charge in [-0.1, -0.05) is 36.7 Å². The lowest BCUT2D eigenvalue weighted by atomic mass is 10.0.